The molecule has 0 amide bonds. The van der Waals surface area contributed by atoms with Crippen LogP contribution >= 0.6 is 0 Å². The molecule has 2 N–H and O–H groups in total. The highest BCUT2D eigenvalue weighted by atomic mass is 16.5. The van der Waals surface area contributed by atoms with Gasteiger partial charge in [0.05, 0.1) is 6.61 Å². The third-order valence-corrected chi connectivity index (χ3v) is 3.88. The SMILES string of the molecule is CCCNc1ncnc(NC(C)C2CCOC2)c1CC. The average molecular weight is 278 g/mol. The minimum Gasteiger partial charge on any atom is -0.381 e. The molecule has 0 aliphatic carbocycles. The summed E-state index contributed by atoms with van der Waals surface area (Å²) < 4.78 is 5.46. The van der Waals surface area contributed by atoms with E-state index in [1.807, 2.05) is 0 Å². The number of nitrogens with zero attached hydrogens (tertiary/aromatic N) is 2. The van der Waals surface area contributed by atoms with E-state index in [1.54, 1.807) is 6.33 Å². The Morgan fingerprint density at radius 1 is 1.35 bits per heavy atom. The first-order valence-corrected chi connectivity index (χ1v) is 7.68. The van der Waals surface area contributed by atoms with Crippen molar-refractivity contribution in [3.8, 4) is 0 Å². The van der Waals surface area contributed by atoms with Crippen molar-refractivity contribution < 1.29 is 4.74 Å². The van der Waals surface area contributed by atoms with Gasteiger partial charge in [0, 0.05) is 30.7 Å². The Labute approximate surface area is 121 Å². The van der Waals surface area contributed by atoms with E-state index in [9.17, 15) is 0 Å². The van der Waals surface area contributed by atoms with Crippen LogP contribution in [-0.4, -0.2) is 35.8 Å². The molecule has 1 aromatic heterocycles. The van der Waals surface area contributed by atoms with Gasteiger partial charge in [0.2, 0.25) is 0 Å². The molecule has 1 aliphatic heterocycles. The van der Waals surface area contributed by atoms with Crippen LogP contribution < -0.4 is 10.6 Å². The second-order valence-corrected chi connectivity index (χ2v) is 5.39. The molecule has 20 heavy (non-hydrogen) atoms. The minimum atomic E-state index is 0.372. The smallest absolute Gasteiger partial charge is 0.134 e. The zero-order valence-corrected chi connectivity index (χ0v) is 12.8. The Bertz CT molecular complexity index is 418. The maximum Gasteiger partial charge on any atom is 0.134 e. The van der Waals surface area contributed by atoms with Gasteiger partial charge in [-0.25, -0.2) is 9.97 Å². The molecule has 0 aromatic carbocycles. The summed E-state index contributed by atoms with van der Waals surface area (Å²) in [6.07, 6.45) is 4.77. The molecule has 0 spiro atoms. The van der Waals surface area contributed by atoms with E-state index in [4.69, 9.17) is 4.74 Å². The number of rotatable bonds is 7. The standard InChI is InChI=1S/C15H26N4O/c1-4-7-16-14-13(5-2)15(18-10-17-14)19-11(3)12-6-8-20-9-12/h10-12H,4-9H2,1-3H3,(H2,16,17,18,19). The Kier molecular flexibility index (Phi) is 5.59. The first kappa shape index (κ1) is 15.0. The maximum absolute atomic E-state index is 5.46. The Balaban J connectivity index is 2.09. The molecule has 5 heteroatoms. The fourth-order valence-electron chi connectivity index (χ4n) is 2.55. The topological polar surface area (TPSA) is 59.1 Å². The van der Waals surface area contributed by atoms with Crippen LogP contribution in [0.25, 0.3) is 0 Å². The molecular weight excluding hydrogens is 252 g/mol. The van der Waals surface area contributed by atoms with Crippen LogP contribution in [0.15, 0.2) is 6.33 Å². The van der Waals surface area contributed by atoms with E-state index in [-0.39, 0.29) is 0 Å². The summed E-state index contributed by atoms with van der Waals surface area (Å²) in [6, 6.07) is 0.372. The van der Waals surface area contributed by atoms with Gasteiger partial charge >= 0.3 is 0 Å². The zero-order valence-electron chi connectivity index (χ0n) is 12.8. The van der Waals surface area contributed by atoms with Gasteiger partial charge in [-0.15, -0.1) is 0 Å². The van der Waals surface area contributed by atoms with E-state index in [0.717, 1.165) is 50.7 Å². The molecular formula is C15H26N4O. The van der Waals surface area contributed by atoms with Crippen LogP contribution in [0.5, 0.6) is 0 Å². The number of ether oxygens (including phenoxy) is 1. The van der Waals surface area contributed by atoms with E-state index in [0.29, 0.717) is 12.0 Å². The Morgan fingerprint density at radius 2 is 2.15 bits per heavy atom. The molecule has 1 aliphatic rings. The Morgan fingerprint density at radius 3 is 2.80 bits per heavy atom. The van der Waals surface area contributed by atoms with Gasteiger partial charge in [-0.3, -0.25) is 0 Å². The second-order valence-electron chi connectivity index (χ2n) is 5.39. The highest BCUT2D eigenvalue weighted by Crippen LogP contribution is 2.24. The molecule has 1 fully saturated rings. The maximum atomic E-state index is 5.46. The molecule has 1 aromatic rings. The zero-order chi connectivity index (χ0) is 14.4. The molecule has 112 valence electrons. The third-order valence-electron chi connectivity index (χ3n) is 3.88. The van der Waals surface area contributed by atoms with Crippen LogP contribution in [-0.2, 0) is 11.2 Å². The van der Waals surface area contributed by atoms with Crippen LogP contribution in [0.1, 0.15) is 39.2 Å². The van der Waals surface area contributed by atoms with Crippen molar-refractivity contribution in [3.05, 3.63) is 11.9 Å². The lowest BCUT2D eigenvalue weighted by molar-refractivity contribution is 0.183. The summed E-state index contributed by atoms with van der Waals surface area (Å²) in [7, 11) is 0. The lowest BCUT2D eigenvalue weighted by Gasteiger charge is -2.22. The van der Waals surface area contributed by atoms with Gasteiger partial charge in [-0.2, -0.15) is 0 Å². The van der Waals surface area contributed by atoms with Crippen molar-refractivity contribution in [3.63, 3.8) is 0 Å². The fourth-order valence-corrected chi connectivity index (χ4v) is 2.55. The van der Waals surface area contributed by atoms with Crippen LogP contribution in [0.2, 0.25) is 0 Å². The van der Waals surface area contributed by atoms with Crippen LogP contribution in [0, 0.1) is 5.92 Å². The normalized spacial score (nSPS) is 19.9. The lowest BCUT2D eigenvalue weighted by atomic mass is 10.0. The van der Waals surface area contributed by atoms with Crippen molar-refractivity contribution >= 4 is 11.6 Å². The molecule has 2 unspecified atom stereocenters. The van der Waals surface area contributed by atoms with Gasteiger partial charge in [-0.1, -0.05) is 13.8 Å². The highest BCUT2D eigenvalue weighted by Gasteiger charge is 2.23. The molecule has 0 radical (unpaired) electrons. The molecule has 5 nitrogen and oxygen atoms in total. The average Bonchev–Trinajstić information content (AvgIpc) is 2.99. The number of aromatic nitrogens is 2. The predicted octanol–water partition coefficient (Wildman–Crippen LogP) is 2.70. The van der Waals surface area contributed by atoms with Gasteiger partial charge < -0.3 is 15.4 Å². The van der Waals surface area contributed by atoms with E-state index in [1.165, 1.54) is 5.56 Å². The second kappa shape index (κ2) is 7.43. The summed E-state index contributed by atoms with van der Waals surface area (Å²) in [4.78, 5) is 8.79. The summed E-state index contributed by atoms with van der Waals surface area (Å²) in [5, 5.41) is 6.93. The van der Waals surface area contributed by atoms with Crippen molar-refractivity contribution in [2.45, 2.75) is 46.1 Å². The van der Waals surface area contributed by atoms with Gasteiger partial charge in [0.1, 0.15) is 18.0 Å². The molecule has 0 bridgehead atoms. The largest absolute Gasteiger partial charge is 0.381 e. The number of nitrogens with one attached hydrogen (secondary N) is 2. The summed E-state index contributed by atoms with van der Waals surface area (Å²) in [5.41, 5.74) is 1.17. The van der Waals surface area contributed by atoms with Crippen LogP contribution in [0.3, 0.4) is 0 Å². The number of hydrogen-bond donors (Lipinski definition) is 2. The van der Waals surface area contributed by atoms with E-state index < -0.39 is 0 Å². The summed E-state index contributed by atoms with van der Waals surface area (Å²) >= 11 is 0. The van der Waals surface area contributed by atoms with Crippen molar-refractivity contribution in [1.82, 2.24) is 9.97 Å². The van der Waals surface area contributed by atoms with E-state index in [2.05, 4.69) is 41.4 Å². The summed E-state index contributed by atoms with van der Waals surface area (Å²) in [6.45, 7) is 9.17. The first-order chi connectivity index (χ1) is 9.76. The minimum absolute atomic E-state index is 0.372. The molecule has 0 saturated carbocycles. The Hall–Kier alpha value is -1.36. The number of anilines is 2. The number of hydrogen-bond acceptors (Lipinski definition) is 5. The highest BCUT2D eigenvalue weighted by molar-refractivity contribution is 5.57. The van der Waals surface area contributed by atoms with Gasteiger partial charge in [-0.05, 0) is 26.2 Å². The van der Waals surface area contributed by atoms with Crippen LogP contribution in [0.4, 0.5) is 11.6 Å². The van der Waals surface area contributed by atoms with Gasteiger partial charge in [0.15, 0.2) is 0 Å². The monoisotopic (exact) mass is 278 g/mol. The van der Waals surface area contributed by atoms with E-state index >= 15 is 0 Å². The van der Waals surface area contributed by atoms with Crippen molar-refractivity contribution in [2.24, 2.45) is 5.92 Å². The molecule has 2 atom stereocenters. The molecule has 2 heterocycles. The third kappa shape index (κ3) is 3.60. The van der Waals surface area contributed by atoms with Crippen molar-refractivity contribution in [2.75, 3.05) is 30.4 Å². The fraction of sp³-hybridized carbons (Fsp3) is 0.733. The first-order valence-electron chi connectivity index (χ1n) is 7.68. The summed E-state index contributed by atoms with van der Waals surface area (Å²) in [5.74, 6) is 2.49. The predicted molar refractivity (Wildman–Crippen MR) is 82.2 cm³/mol. The quantitative estimate of drug-likeness (QED) is 0.803. The van der Waals surface area contributed by atoms with Crippen molar-refractivity contribution in [1.29, 1.82) is 0 Å². The van der Waals surface area contributed by atoms with Gasteiger partial charge in [0.25, 0.3) is 0 Å². The molecule has 2 rings (SSSR count). The lowest BCUT2D eigenvalue weighted by Crippen LogP contribution is -2.27. The molecule has 1 saturated heterocycles.